The molecule has 3 rings (SSSR count). The highest BCUT2D eigenvalue weighted by molar-refractivity contribution is 6.02. The molecular formula is C25H26N2O5. The molecular weight excluding hydrogens is 408 g/mol. The maximum Gasteiger partial charge on any atom is 0.271 e. The highest BCUT2D eigenvalue weighted by Gasteiger charge is 2.09. The number of hydrazone groups is 1. The van der Waals surface area contributed by atoms with Crippen LogP contribution in [-0.2, 0) is 6.61 Å². The summed E-state index contributed by atoms with van der Waals surface area (Å²) in [5.74, 6) is 1.75. The Morgan fingerprint density at radius 3 is 2.16 bits per heavy atom. The number of rotatable bonds is 9. The quantitative estimate of drug-likeness (QED) is 0.381. The first-order valence-corrected chi connectivity index (χ1v) is 10.2. The number of amides is 1. The van der Waals surface area contributed by atoms with Gasteiger partial charge >= 0.3 is 0 Å². The SMILES string of the molecule is CCOc1ccc(OCc2ccc(C(=O)N/N=C(\C)c3ccc(OC)cc3O)cc2)cc1. The van der Waals surface area contributed by atoms with Crippen molar-refractivity contribution in [1.29, 1.82) is 0 Å². The van der Waals surface area contributed by atoms with Crippen molar-refractivity contribution in [3.05, 3.63) is 83.4 Å². The molecule has 0 saturated heterocycles. The van der Waals surface area contributed by atoms with Crippen LogP contribution < -0.4 is 19.6 Å². The predicted octanol–water partition coefficient (Wildman–Crippen LogP) is 4.53. The van der Waals surface area contributed by atoms with Crippen LogP contribution in [0.4, 0.5) is 0 Å². The highest BCUT2D eigenvalue weighted by atomic mass is 16.5. The molecule has 0 aliphatic heterocycles. The summed E-state index contributed by atoms with van der Waals surface area (Å²) in [5.41, 5.74) is 4.88. The van der Waals surface area contributed by atoms with Crippen molar-refractivity contribution in [2.24, 2.45) is 5.10 Å². The second kappa shape index (κ2) is 10.9. The van der Waals surface area contributed by atoms with Gasteiger partial charge in [-0.1, -0.05) is 12.1 Å². The van der Waals surface area contributed by atoms with E-state index in [2.05, 4.69) is 10.5 Å². The lowest BCUT2D eigenvalue weighted by atomic mass is 10.1. The van der Waals surface area contributed by atoms with Crippen LogP contribution in [0.3, 0.4) is 0 Å². The van der Waals surface area contributed by atoms with Crippen LogP contribution in [0.15, 0.2) is 71.8 Å². The molecule has 3 aromatic rings. The van der Waals surface area contributed by atoms with Crippen molar-refractivity contribution in [1.82, 2.24) is 5.43 Å². The van der Waals surface area contributed by atoms with Gasteiger partial charge < -0.3 is 19.3 Å². The molecule has 32 heavy (non-hydrogen) atoms. The molecule has 2 N–H and O–H groups in total. The number of benzene rings is 3. The summed E-state index contributed by atoms with van der Waals surface area (Å²) in [6.45, 7) is 4.63. The van der Waals surface area contributed by atoms with Gasteiger partial charge in [0.25, 0.3) is 5.91 Å². The lowest BCUT2D eigenvalue weighted by molar-refractivity contribution is 0.0954. The molecule has 7 nitrogen and oxygen atoms in total. The average Bonchev–Trinajstić information content (AvgIpc) is 2.82. The topological polar surface area (TPSA) is 89.4 Å². The van der Waals surface area contributed by atoms with Crippen LogP contribution in [0.2, 0.25) is 0 Å². The van der Waals surface area contributed by atoms with Gasteiger partial charge in [-0.15, -0.1) is 0 Å². The molecule has 3 aromatic carbocycles. The number of carbonyl (C=O) groups excluding carboxylic acids is 1. The van der Waals surface area contributed by atoms with Gasteiger partial charge in [0, 0.05) is 17.2 Å². The number of hydrogen-bond donors (Lipinski definition) is 2. The molecule has 0 aliphatic rings. The van der Waals surface area contributed by atoms with Gasteiger partial charge in [0.2, 0.25) is 0 Å². The molecule has 0 fully saturated rings. The van der Waals surface area contributed by atoms with Crippen molar-refractivity contribution in [3.63, 3.8) is 0 Å². The Bertz CT molecular complexity index is 1080. The minimum atomic E-state index is -0.351. The lowest BCUT2D eigenvalue weighted by Gasteiger charge is -2.09. The standard InChI is InChI=1S/C25H26N2O5/c1-4-31-20-9-11-21(12-10-20)32-16-18-5-7-19(8-6-18)25(29)27-26-17(2)23-14-13-22(30-3)15-24(23)28/h5-15,28H,4,16H2,1-3H3,(H,27,29)/b26-17+. The number of carbonyl (C=O) groups is 1. The Balaban J connectivity index is 1.55. The summed E-state index contributed by atoms with van der Waals surface area (Å²) < 4.78 is 16.3. The minimum absolute atomic E-state index is 0.0248. The van der Waals surface area contributed by atoms with E-state index in [0.717, 1.165) is 17.1 Å². The van der Waals surface area contributed by atoms with Gasteiger partial charge in [0.1, 0.15) is 29.6 Å². The second-order valence-corrected chi connectivity index (χ2v) is 6.91. The Morgan fingerprint density at radius 1 is 0.938 bits per heavy atom. The Morgan fingerprint density at radius 2 is 1.56 bits per heavy atom. The number of phenols is 1. The van der Waals surface area contributed by atoms with Crippen LogP contribution in [0.25, 0.3) is 0 Å². The fraction of sp³-hybridized carbons (Fsp3) is 0.200. The molecule has 0 saturated carbocycles. The van der Waals surface area contributed by atoms with Gasteiger partial charge in [-0.05, 0) is 67.9 Å². The monoisotopic (exact) mass is 434 g/mol. The number of methoxy groups -OCH3 is 1. The summed E-state index contributed by atoms with van der Waals surface area (Å²) in [5, 5.41) is 14.2. The smallest absolute Gasteiger partial charge is 0.271 e. The van der Waals surface area contributed by atoms with Crippen molar-refractivity contribution >= 4 is 11.6 Å². The van der Waals surface area contributed by atoms with Gasteiger partial charge in [0.05, 0.1) is 19.4 Å². The van der Waals surface area contributed by atoms with Gasteiger partial charge in [0.15, 0.2) is 0 Å². The zero-order chi connectivity index (χ0) is 22.9. The third kappa shape index (κ3) is 6.01. The first kappa shape index (κ1) is 22.7. The van der Waals surface area contributed by atoms with E-state index in [-0.39, 0.29) is 11.7 Å². The Hall–Kier alpha value is -4.00. The molecule has 1 amide bonds. The molecule has 0 radical (unpaired) electrons. The predicted molar refractivity (Wildman–Crippen MR) is 123 cm³/mol. The van der Waals surface area contributed by atoms with Crippen molar-refractivity contribution in [3.8, 4) is 23.0 Å². The minimum Gasteiger partial charge on any atom is -0.507 e. The maximum atomic E-state index is 12.4. The average molecular weight is 434 g/mol. The normalized spacial score (nSPS) is 11.0. The molecule has 7 heteroatoms. The van der Waals surface area contributed by atoms with E-state index in [1.165, 1.54) is 13.2 Å². The molecule has 0 heterocycles. The fourth-order valence-electron chi connectivity index (χ4n) is 2.92. The van der Waals surface area contributed by atoms with Crippen LogP contribution in [-0.4, -0.2) is 30.4 Å². The van der Waals surface area contributed by atoms with E-state index in [4.69, 9.17) is 14.2 Å². The van der Waals surface area contributed by atoms with Crippen LogP contribution >= 0.6 is 0 Å². The first-order valence-electron chi connectivity index (χ1n) is 10.2. The van der Waals surface area contributed by atoms with E-state index < -0.39 is 0 Å². The van der Waals surface area contributed by atoms with Crippen LogP contribution in [0.5, 0.6) is 23.0 Å². The number of aromatic hydroxyl groups is 1. The molecule has 0 aromatic heterocycles. The third-order valence-corrected chi connectivity index (χ3v) is 4.68. The molecule has 0 bridgehead atoms. The van der Waals surface area contributed by atoms with Crippen LogP contribution in [0.1, 0.15) is 35.3 Å². The van der Waals surface area contributed by atoms with Gasteiger partial charge in [-0.3, -0.25) is 4.79 Å². The first-order chi connectivity index (χ1) is 15.5. The highest BCUT2D eigenvalue weighted by Crippen LogP contribution is 2.24. The fourth-order valence-corrected chi connectivity index (χ4v) is 2.92. The summed E-state index contributed by atoms with van der Waals surface area (Å²) in [6.07, 6.45) is 0. The summed E-state index contributed by atoms with van der Waals surface area (Å²) in [6, 6.07) is 19.4. The van der Waals surface area contributed by atoms with Crippen LogP contribution in [0, 0.1) is 0 Å². The van der Waals surface area contributed by atoms with E-state index >= 15 is 0 Å². The van der Waals surface area contributed by atoms with Crippen molar-refractivity contribution < 1.29 is 24.1 Å². The van der Waals surface area contributed by atoms with E-state index in [0.29, 0.717) is 35.8 Å². The van der Waals surface area contributed by atoms with E-state index in [1.807, 2.05) is 43.3 Å². The molecule has 0 unspecified atom stereocenters. The number of hydrogen-bond acceptors (Lipinski definition) is 6. The Kier molecular flexibility index (Phi) is 7.70. The van der Waals surface area contributed by atoms with Gasteiger partial charge in [-0.2, -0.15) is 5.10 Å². The zero-order valence-electron chi connectivity index (χ0n) is 18.3. The van der Waals surface area contributed by atoms with E-state index in [9.17, 15) is 9.90 Å². The number of ether oxygens (including phenoxy) is 3. The summed E-state index contributed by atoms with van der Waals surface area (Å²) in [4.78, 5) is 12.4. The number of nitrogens with zero attached hydrogens (tertiary/aromatic N) is 1. The number of phenolic OH excluding ortho intramolecular Hbond substituents is 1. The Labute approximate surface area is 187 Å². The molecule has 0 aliphatic carbocycles. The maximum absolute atomic E-state index is 12.4. The largest absolute Gasteiger partial charge is 0.507 e. The second-order valence-electron chi connectivity index (χ2n) is 6.91. The van der Waals surface area contributed by atoms with Crippen molar-refractivity contribution in [2.75, 3.05) is 13.7 Å². The lowest BCUT2D eigenvalue weighted by Crippen LogP contribution is -2.19. The molecule has 0 atom stereocenters. The van der Waals surface area contributed by atoms with Crippen molar-refractivity contribution in [2.45, 2.75) is 20.5 Å². The van der Waals surface area contributed by atoms with E-state index in [1.54, 1.807) is 31.2 Å². The zero-order valence-corrected chi connectivity index (χ0v) is 18.3. The summed E-state index contributed by atoms with van der Waals surface area (Å²) >= 11 is 0. The van der Waals surface area contributed by atoms with Gasteiger partial charge in [-0.25, -0.2) is 5.43 Å². The molecule has 166 valence electrons. The number of nitrogens with one attached hydrogen (secondary N) is 1. The summed E-state index contributed by atoms with van der Waals surface area (Å²) in [7, 11) is 1.52. The third-order valence-electron chi connectivity index (χ3n) is 4.68. The molecule has 0 spiro atoms.